The zero-order chi connectivity index (χ0) is 22.9. The Kier molecular flexibility index (Phi) is 5.78. The molecule has 0 saturated heterocycles. The number of ether oxygens (including phenoxy) is 3. The zero-order valence-corrected chi connectivity index (χ0v) is 19.1. The molecule has 1 N–H and O–H groups in total. The maximum Gasteiger partial charge on any atom is 0.412 e. The lowest BCUT2D eigenvalue weighted by Gasteiger charge is -2.32. The Morgan fingerprint density at radius 2 is 1.81 bits per heavy atom. The van der Waals surface area contributed by atoms with Crippen LogP contribution in [0.2, 0.25) is 0 Å². The van der Waals surface area contributed by atoms with Crippen LogP contribution in [0.25, 0.3) is 10.9 Å². The summed E-state index contributed by atoms with van der Waals surface area (Å²) in [6.45, 7) is 6.37. The fourth-order valence-electron chi connectivity index (χ4n) is 3.93. The van der Waals surface area contributed by atoms with E-state index in [-0.39, 0.29) is 0 Å². The van der Waals surface area contributed by atoms with Gasteiger partial charge < -0.3 is 19.1 Å². The molecule has 1 aliphatic heterocycles. The smallest absolute Gasteiger partial charge is 0.412 e. The van der Waals surface area contributed by atoms with Crippen LogP contribution < -0.4 is 19.7 Å². The number of hydrogen-bond donors (Lipinski definition) is 1. The third-order valence-electron chi connectivity index (χ3n) is 5.26. The number of carbonyl (C=O) groups excluding carboxylic acids is 1. The molecule has 8 heteroatoms. The molecule has 0 bridgehead atoms. The van der Waals surface area contributed by atoms with E-state index in [9.17, 15) is 4.79 Å². The summed E-state index contributed by atoms with van der Waals surface area (Å²) in [5, 5.41) is 12.3. The molecule has 0 aliphatic carbocycles. The lowest BCUT2D eigenvalue weighted by molar-refractivity contribution is 0.0636. The number of rotatable bonds is 4. The summed E-state index contributed by atoms with van der Waals surface area (Å²) >= 11 is 0. The number of nitrogens with one attached hydrogen (secondary N) is 1. The van der Waals surface area contributed by atoms with Gasteiger partial charge in [-0.25, -0.2) is 4.79 Å². The number of benzene rings is 2. The lowest BCUT2D eigenvalue weighted by atomic mass is 9.99. The fraction of sp³-hybridized carbons (Fsp3) is 0.375. The molecule has 168 valence electrons. The number of amides is 1. The third kappa shape index (κ3) is 4.39. The highest BCUT2D eigenvalue weighted by atomic mass is 16.6. The lowest BCUT2D eigenvalue weighted by Crippen LogP contribution is -2.28. The predicted octanol–water partition coefficient (Wildman–Crippen LogP) is 5.08. The molecule has 0 unspecified atom stereocenters. The highest BCUT2D eigenvalue weighted by Crippen LogP contribution is 2.40. The number of anilines is 3. The van der Waals surface area contributed by atoms with Crippen molar-refractivity contribution in [3.05, 3.63) is 42.1 Å². The molecule has 0 atom stereocenters. The summed E-state index contributed by atoms with van der Waals surface area (Å²) in [5.41, 5.74) is 4.07. The van der Waals surface area contributed by atoms with Gasteiger partial charge in [-0.15, -0.1) is 0 Å². The predicted molar refractivity (Wildman–Crippen MR) is 124 cm³/mol. The van der Waals surface area contributed by atoms with Gasteiger partial charge in [0.15, 0.2) is 11.5 Å². The van der Waals surface area contributed by atoms with Gasteiger partial charge in [-0.3, -0.25) is 5.32 Å². The van der Waals surface area contributed by atoms with Crippen molar-refractivity contribution in [2.45, 2.75) is 39.2 Å². The molecular weight excluding hydrogens is 408 g/mol. The number of aryl methyl sites for hydroxylation is 1. The molecule has 1 amide bonds. The monoisotopic (exact) mass is 436 g/mol. The Morgan fingerprint density at radius 3 is 2.53 bits per heavy atom. The van der Waals surface area contributed by atoms with E-state index < -0.39 is 11.7 Å². The van der Waals surface area contributed by atoms with Crippen molar-refractivity contribution in [1.29, 1.82) is 0 Å². The number of methoxy groups -OCH3 is 2. The summed E-state index contributed by atoms with van der Waals surface area (Å²) in [5.74, 6) is 1.26. The van der Waals surface area contributed by atoms with Gasteiger partial charge in [-0.1, -0.05) is 0 Å². The second kappa shape index (κ2) is 8.53. The van der Waals surface area contributed by atoms with Gasteiger partial charge in [0.1, 0.15) is 5.60 Å². The summed E-state index contributed by atoms with van der Waals surface area (Å²) in [7, 11) is 3.22. The SMILES string of the molecule is COc1cc2nncc(N3CCCc4cc(NC(=O)OC(C)(C)C)ccc43)c2cc1OC. The number of fused-ring (bicyclic) bond motifs is 2. The van der Waals surface area contributed by atoms with Crippen LogP contribution in [0.5, 0.6) is 11.5 Å². The standard InChI is InChI=1S/C24H28N4O4/c1-24(2,3)32-23(29)26-16-8-9-19-15(11-16)7-6-10-28(19)20-14-25-27-18-13-22(31-5)21(30-4)12-17(18)20/h8-9,11-14H,6-7,10H2,1-5H3,(H,26,29). The van der Waals surface area contributed by atoms with Gasteiger partial charge >= 0.3 is 6.09 Å². The number of aromatic nitrogens is 2. The van der Waals surface area contributed by atoms with Gasteiger partial charge in [0.05, 0.1) is 31.6 Å². The van der Waals surface area contributed by atoms with Crippen LogP contribution in [0, 0.1) is 0 Å². The molecule has 1 aliphatic rings. The quantitative estimate of drug-likeness (QED) is 0.610. The molecule has 2 aromatic carbocycles. The average Bonchev–Trinajstić information content (AvgIpc) is 2.75. The molecule has 0 saturated carbocycles. The molecular formula is C24H28N4O4. The van der Waals surface area contributed by atoms with Gasteiger partial charge in [-0.2, -0.15) is 10.2 Å². The molecule has 1 aromatic heterocycles. The van der Waals surface area contributed by atoms with E-state index in [0.717, 1.165) is 47.2 Å². The van der Waals surface area contributed by atoms with Crippen LogP contribution in [0.15, 0.2) is 36.5 Å². The fourth-order valence-corrected chi connectivity index (χ4v) is 3.93. The highest BCUT2D eigenvalue weighted by Gasteiger charge is 2.23. The normalized spacial score (nSPS) is 13.5. The van der Waals surface area contributed by atoms with Crippen LogP contribution in [-0.4, -0.2) is 42.7 Å². The first kappa shape index (κ1) is 21.7. The molecule has 0 radical (unpaired) electrons. The summed E-state index contributed by atoms with van der Waals surface area (Å²) in [6, 6.07) is 9.69. The van der Waals surface area contributed by atoms with E-state index in [1.807, 2.05) is 51.1 Å². The van der Waals surface area contributed by atoms with Gasteiger partial charge in [0.25, 0.3) is 0 Å². The Labute approximate surface area is 187 Å². The van der Waals surface area contributed by atoms with Crippen molar-refractivity contribution >= 4 is 34.1 Å². The number of hydrogen-bond acceptors (Lipinski definition) is 7. The molecule has 3 aromatic rings. The summed E-state index contributed by atoms with van der Waals surface area (Å²) in [6.07, 6.45) is 3.20. The van der Waals surface area contributed by atoms with Gasteiger partial charge in [-0.05, 0) is 63.4 Å². The van der Waals surface area contributed by atoms with Crippen molar-refractivity contribution in [3.63, 3.8) is 0 Å². The van der Waals surface area contributed by atoms with Gasteiger partial charge in [0, 0.05) is 29.4 Å². The maximum atomic E-state index is 12.2. The van der Waals surface area contributed by atoms with E-state index in [1.165, 1.54) is 0 Å². The van der Waals surface area contributed by atoms with Crippen LogP contribution in [0.3, 0.4) is 0 Å². The first-order chi connectivity index (χ1) is 15.3. The van der Waals surface area contributed by atoms with Crippen molar-refractivity contribution in [2.24, 2.45) is 0 Å². The zero-order valence-electron chi connectivity index (χ0n) is 19.1. The van der Waals surface area contributed by atoms with Crippen LogP contribution >= 0.6 is 0 Å². The van der Waals surface area contributed by atoms with Crippen molar-refractivity contribution in [3.8, 4) is 11.5 Å². The second-order valence-corrected chi connectivity index (χ2v) is 8.68. The first-order valence-corrected chi connectivity index (χ1v) is 10.6. The minimum atomic E-state index is -0.547. The van der Waals surface area contributed by atoms with Crippen LogP contribution in [-0.2, 0) is 11.2 Å². The molecule has 8 nitrogen and oxygen atoms in total. The number of nitrogens with zero attached hydrogens (tertiary/aromatic N) is 3. The summed E-state index contributed by atoms with van der Waals surface area (Å²) in [4.78, 5) is 14.4. The highest BCUT2D eigenvalue weighted by molar-refractivity contribution is 5.96. The summed E-state index contributed by atoms with van der Waals surface area (Å²) < 4.78 is 16.3. The molecule has 0 fully saturated rings. The minimum Gasteiger partial charge on any atom is -0.493 e. The van der Waals surface area contributed by atoms with Crippen LogP contribution in [0.4, 0.5) is 21.9 Å². The Hall–Kier alpha value is -3.55. The second-order valence-electron chi connectivity index (χ2n) is 8.68. The minimum absolute atomic E-state index is 0.463. The van der Waals surface area contributed by atoms with Gasteiger partial charge in [0.2, 0.25) is 0 Å². The first-order valence-electron chi connectivity index (χ1n) is 10.6. The maximum absolute atomic E-state index is 12.2. The van der Waals surface area contributed by atoms with E-state index in [1.54, 1.807) is 20.4 Å². The number of carbonyl (C=O) groups is 1. The molecule has 32 heavy (non-hydrogen) atoms. The molecule has 2 heterocycles. The Bertz CT molecular complexity index is 1160. The van der Waals surface area contributed by atoms with E-state index >= 15 is 0 Å². The van der Waals surface area contributed by atoms with E-state index in [4.69, 9.17) is 14.2 Å². The van der Waals surface area contributed by atoms with E-state index in [2.05, 4.69) is 20.4 Å². The van der Waals surface area contributed by atoms with Crippen LogP contribution in [0.1, 0.15) is 32.8 Å². The third-order valence-corrected chi connectivity index (χ3v) is 5.26. The Balaban J connectivity index is 1.69. The Morgan fingerprint density at radius 1 is 1.06 bits per heavy atom. The van der Waals surface area contributed by atoms with Crippen molar-refractivity contribution in [2.75, 3.05) is 31.0 Å². The van der Waals surface area contributed by atoms with Crippen molar-refractivity contribution < 1.29 is 19.0 Å². The molecule has 4 rings (SSSR count). The largest absolute Gasteiger partial charge is 0.493 e. The van der Waals surface area contributed by atoms with E-state index in [0.29, 0.717) is 17.2 Å². The molecule has 0 spiro atoms. The topological polar surface area (TPSA) is 85.8 Å². The average molecular weight is 437 g/mol. The van der Waals surface area contributed by atoms with Crippen molar-refractivity contribution in [1.82, 2.24) is 10.2 Å².